The molecule has 2 fully saturated rings. The number of hydrogen-bond donors (Lipinski definition) is 2. The van der Waals surface area contributed by atoms with Crippen molar-refractivity contribution in [3.05, 3.63) is 35.6 Å². The van der Waals surface area contributed by atoms with Gasteiger partial charge in [0.05, 0.1) is 6.54 Å². The van der Waals surface area contributed by atoms with Crippen molar-refractivity contribution in [1.82, 2.24) is 20.4 Å². The van der Waals surface area contributed by atoms with Gasteiger partial charge in [0.25, 0.3) is 0 Å². The van der Waals surface area contributed by atoms with E-state index in [0.717, 1.165) is 63.6 Å². The molecule has 1 atom stereocenters. The van der Waals surface area contributed by atoms with E-state index in [0.29, 0.717) is 12.5 Å². The third-order valence-electron chi connectivity index (χ3n) is 6.28. The average molecular weight is 404 g/mol. The molecule has 0 spiro atoms. The largest absolute Gasteiger partial charge is 0.357 e. The molecular weight excluding hydrogens is 365 g/mol. The molecule has 1 aliphatic heterocycles. The van der Waals surface area contributed by atoms with E-state index in [-0.39, 0.29) is 11.2 Å². The van der Waals surface area contributed by atoms with Crippen molar-refractivity contribution in [1.29, 1.82) is 0 Å². The van der Waals surface area contributed by atoms with Crippen molar-refractivity contribution >= 4 is 5.96 Å². The van der Waals surface area contributed by atoms with Gasteiger partial charge in [-0.1, -0.05) is 32.0 Å². The van der Waals surface area contributed by atoms with Crippen LogP contribution in [0.4, 0.5) is 4.39 Å². The lowest BCUT2D eigenvalue weighted by molar-refractivity contribution is 0.124. The lowest BCUT2D eigenvalue weighted by Crippen LogP contribution is -2.48. The second kappa shape index (κ2) is 10.4. The van der Waals surface area contributed by atoms with E-state index in [4.69, 9.17) is 4.99 Å². The molecule has 2 aliphatic rings. The highest BCUT2D eigenvalue weighted by atomic mass is 19.1. The minimum atomic E-state index is -0.113. The Hall–Kier alpha value is -1.66. The monoisotopic (exact) mass is 403 g/mol. The van der Waals surface area contributed by atoms with E-state index in [9.17, 15) is 4.39 Å². The van der Waals surface area contributed by atoms with E-state index in [2.05, 4.69) is 41.2 Å². The summed E-state index contributed by atoms with van der Waals surface area (Å²) < 4.78 is 14.2. The van der Waals surface area contributed by atoms with Crippen molar-refractivity contribution in [2.24, 2.45) is 10.9 Å². The number of piperazine rings is 1. The zero-order valence-electron chi connectivity index (χ0n) is 18.4. The number of halogens is 1. The molecule has 0 bridgehead atoms. The fraction of sp³-hybridized carbons (Fsp3) is 0.696. The number of guanidine groups is 1. The molecule has 5 nitrogen and oxygen atoms in total. The molecule has 6 heteroatoms. The molecular formula is C23H38FN5. The highest BCUT2D eigenvalue weighted by Crippen LogP contribution is 2.49. The summed E-state index contributed by atoms with van der Waals surface area (Å²) in [6.07, 6.45) is 2.02. The highest BCUT2D eigenvalue weighted by Gasteiger charge is 2.45. The fourth-order valence-electron chi connectivity index (χ4n) is 4.19. The average Bonchev–Trinajstić information content (AvgIpc) is 3.52. The second-order valence-corrected chi connectivity index (χ2v) is 8.68. The summed E-state index contributed by atoms with van der Waals surface area (Å²) in [5.74, 6) is 1.29. The number of benzene rings is 1. The summed E-state index contributed by atoms with van der Waals surface area (Å²) in [6.45, 7) is 15.9. The molecule has 162 valence electrons. The molecule has 29 heavy (non-hydrogen) atoms. The van der Waals surface area contributed by atoms with Crippen LogP contribution in [0.2, 0.25) is 0 Å². The number of aliphatic imine (C=N–C) groups is 1. The summed E-state index contributed by atoms with van der Waals surface area (Å²) in [5.41, 5.74) is 0.706. The number of nitrogens with zero attached hydrogens (tertiary/aromatic N) is 3. The van der Waals surface area contributed by atoms with Gasteiger partial charge in [0, 0.05) is 51.2 Å². The second-order valence-electron chi connectivity index (χ2n) is 8.68. The SMILES string of the molecule is CCNC(=NCC1(c2ccccc2F)CC1)NCC(C)CN1CCN(CC)CC1. The van der Waals surface area contributed by atoms with Gasteiger partial charge in [-0.3, -0.25) is 4.99 Å². The predicted octanol–water partition coefficient (Wildman–Crippen LogP) is 2.69. The van der Waals surface area contributed by atoms with Gasteiger partial charge in [0.2, 0.25) is 0 Å². The number of likely N-dealkylation sites (N-methyl/N-ethyl adjacent to an activating group) is 1. The summed E-state index contributed by atoms with van der Waals surface area (Å²) >= 11 is 0. The first-order valence-electron chi connectivity index (χ1n) is 11.3. The number of nitrogens with one attached hydrogen (secondary N) is 2. The molecule has 1 heterocycles. The van der Waals surface area contributed by atoms with Gasteiger partial charge in [-0.15, -0.1) is 0 Å². The van der Waals surface area contributed by atoms with E-state index in [1.807, 2.05) is 12.1 Å². The molecule has 3 rings (SSSR count). The minimum absolute atomic E-state index is 0.102. The maximum absolute atomic E-state index is 14.2. The Morgan fingerprint density at radius 2 is 1.79 bits per heavy atom. The van der Waals surface area contributed by atoms with Crippen LogP contribution in [0.5, 0.6) is 0 Å². The third-order valence-corrected chi connectivity index (χ3v) is 6.28. The molecule has 1 unspecified atom stereocenters. The van der Waals surface area contributed by atoms with Gasteiger partial charge < -0.3 is 20.4 Å². The zero-order valence-corrected chi connectivity index (χ0v) is 18.4. The van der Waals surface area contributed by atoms with Crippen LogP contribution in [0.15, 0.2) is 29.3 Å². The molecule has 1 saturated heterocycles. The van der Waals surface area contributed by atoms with E-state index < -0.39 is 0 Å². The summed E-state index contributed by atoms with van der Waals surface area (Å²) in [7, 11) is 0. The highest BCUT2D eigenvalue weighted by molar-refractivity contribution is 5.79. The molecule has 1 aromatic carbocycles. The first kappa shape index (κ1) is 22.0. The van der Waals surface area contributed by atoms with Crippen molar-refractivity contribution in [3.8, 4) is 0 Å². The lowest BCUT2D eigenvalue weighted by Gasteiger charge is -2.35. The fourth-order valence-corrected chi connectivity index (χ4v) is 4.19. The minimum Gasteiger partial charge on any atom is -0.357 e. The normalized spacial score (nSPS) is 21.0. The van der Waals surface area contributed by atoms with Crippen molar-refractivity contribution in [3.63, 3.8) is 0 Å². The molecule has 1 aromatic rings. The van der Waals surface area contributed by atoms with Crippen LogP contribution < -0.4 is 10.6 Å². The smallest absolute Gasteiger partial charge is 0.191 e. The van der Waals surface area contributed by atoms with Crippen LogP contribution in [0, 0.1) is 11.7 Å². The summed E-state index contributed by atoms with van der Waals surface area (Å²) in [6, 6.07) is 7.16. The Morgan fingerprint density at radius 3 is 2.41 bits per heavy atom. The Labute approximate surface area is 175 Å². The Balaban J connectivity index is 1.49. The topological polar surface area (TPSA) is 42.9 Å². The number of rotatable bonds is 9. The maximum atomic E-state index is 14.2. The molecule has 2 N–H and O–H groups in total. The van der Waals surface area contributed by atoms with Gasteiger partial charge in [-0.25, -0.2) is 4.39 Å². The molecule has 0 aromatic heterocycles. The summed E-state index contributed by atoms with van der Waals surface area (Å²) in [5, 5.41) is 6.85. The van der Waals surface area contributed by atoms with Gasteiger partial charge in [0.15, 0.2) is 5.96 Å². The Bertz CT molecular complexity index is 665. The lowest BCUT2D eigenvalue weighted by atomic mass is 9.95. The molecule has 1 aliphatic carbocycles. The number of hydrogen-bond acceptors (Lipinski definition) is 3. The third kappa shape index (κ3) is 6.16. The van der Waals surface area contributed by atoms with Gasteiger partial charge >= 0.3 is 0 Å². The molecule has 0 amide bonds. The Kier molecular flexibility index (Phi) is 7.90. The first-order chi connectivity index (χ1) is 14.1. The van der Waals surface area contributed by atoms with Crippen LogP contribution in [-0.4, -0.2) is 74.7 Å². The van der Waals surface area contributed by atoms with Crippen LogP contribution in [-0.2, 0) is 5.41 Å². The van der Waals surface area contributed by atoms with Gasteiger partial charge in [-0.05, 0) is 43.9 Å². The van der Waals surface area contributed by atoms with Crippen LogP contribution >= 0.6 is 0 Å². The predicted molar refractivity (Wildman–Crippen MR) is 119 cm³/mol. The van der Waals surface area contributed by atoms with Crippen molar-refractivity contribution in [2.45, 2.75) is 39.0 Å². The van der Waals surface area contributed by atoms with Gasteiger partial charge in [0.1, 0.15) is 5.82 Å². The van der Waals surface area contributed by atoms with Crippen molar-refractivity contribution in [2.75, 3.05) is 58.9 Å². The van der Waals surface area contributed by atoms with Gasteiger partial charge in [-0.2, -0.15) is 0 Å². The van der Waals surface area contributed by atoms with E-state index >= 15 is 0 Å². The van der Waals surface area contributed by atoms with Crippen LogP contribution in [0.3, 0.4) is 0 Å². The van der Waals surface area contributed by atoms with Crippen molar-refractivity contribution < 1.29 is 4.39 Å². The maximum Gasteiger partial charge on any atom is 0.191 e. The zero-order chi connectivity index (χ0) is 20.7. The van der Waals surface area contributed by atoms with Crippen LogP contribution in [0.1, 0.15) is 39.2 Å². The first-order valence-corrected chi connectivity index (χ1v) is 11.3. The van der Waals surface area contributed by atoms with E-state index in [1.165, 1.54) is 13.1 Å². The van der Waals surface area contributed by atoms with Crippen LogP contribution in [0.25, 0.3) is 0 Å². The summed E-state index contributed by atoms with van der Waals surface area (Å²) in [4.78, 5) is 9.89. The molecule has 1 saturated carbocycles. The molecule has 0 radical (unpaired) electrons. The van der Waals surface area contributed by atoms with E-state index in [1.54, 1.807) is 12.1 Å². The standard InChI is InChI=1S/C23H38FN5/c1-4-25-22(26-16-19(3)17-29-14-12-28(5-2)13-15-29)27-18-23(10-11-23)20-8-6-7-9-21(20)24/h6-9,19H,4-5,10-18H2,1-3H3,(H2,25,26,27). The Morgan fingerprint density at radius 1 is 1.10 bits per heavy atom. The quantitative estimate of drug-likeness (QED) is 0.491.